The Morgan fingerprint density at radius 1 is 0.756 bits per heavy atom. The van der Waals surface area contributed by atoms with Gasteiger partial charge in [0.15, 0.2) is 0 Å². The van der Waals surface area contributed by atoms with Crippen LogP contribution in [0.3, 0.4) is 0 Å². The summed E-state index contributed by atoms with van der Waals surface area (Å²) in [6.07, 6.45) is 1.77. The van der Waals surface area contributed by atoms with Crippen molar-refractivity contribution < 1.29 is 18.9 Å². The summed E-state index contributed by atoms with van der Waals surface area (Å²) >= 11 is 6.68. The molecule has 4 atom stereocenters. The summed E-state index contributed by atoms with van der Waals surface area (Å²) in [5, 5.41) is 0.756. The predicted molar refractivity (Wildman–Crippen MR) is 164 cm³/mol. The van der Waals surface area contributed by atoms with Crippen LogP contribution in [0.1, 0.15) is 60.6 Å². The van der Waals surface area contributed by atoms with E-state index >= 15 is 0 Å². The Kier molecular flexibility index (Phi) is 10.5. The highest BCUT2D eigenvalue weighted by Crippen LogP contribution is 2.38. The number of ether oxygens (including phenoxy) is 4. The first-order valence-corrected chi connectivity index (χ1v) is 15.0. The summed E-state index contributed by atoms with van der Waals surface area (Å²) in [5.41, 5.74) is 5.66. The lowest BCUT2D eigenvalue weighted by molar-refractivity contribution is -0.210. The summed E-state index contributed by atoms with van der Waals surface area (Å²) in [5.74, 6) is 0.878. The normalized spacial score (nSPS) is 20.6. The second-order valence-electron chi connectivity index (χ2n) is 10.5. The van der Waals surface area contributed by atoms with Crippen molar-refractivity contribution in [3.8, 4) is 5.75 Å². The van der Waals surface area contributed by atoms with E-state index < -0.39 is 0 Å². The number of hydrogen-bond acceptors (Lipinski definition) is 4. The van der Waals surface area contributed by atoms with Crippen molar-refractivity contribution in [1.82, 2.24) is 0 Å². The summed E-state index contributed by atoms with van der Waals surface area (Å²) in [6, 6.07) is 35.1. The Morgan fingerprint density at radius 2 is 1.41 bits per heavy atom. The Labute approximate surface area is 249 Å². The highest BCUT2D eigenvalue weighted by atomic mass is 35.5. The fourth-order valence-corrected chi connectivity index (χ4v) is 5.60. The molecule has 1 saturated heterocycles. The average molecular weight is 571 g/mol. The third-order valence-electron chi connectivity index (χ3n) is 7.58. The third kappa shape index (κ3) is 7.99. The van der Waals surface area contributed by atoms with Gasteiger partial charge in [-0.2, -0.15) is 0 Å². The molecule has 0 N–H and O–H groups in total. The number of hydrogen-bond donors (Lipinski definition) is 0. The first-order chi connectivity index (χ1) is 20.1. The van der Waals surface area contributed by atoms with Crippen LogP contribution in [0.25, 0.3) is 0 Å². The third-order valence-corrected chi connectivity index (χ3v) is 7.95. The number of benzene rings is 4. The van der Waals surface area contributed by atoms with E-state index in [4.69, 9.17) is 30.5 Å². The highest BCUT2D eigenvalue weighted by molar-refractivity contribution is 6.31. The van der Waals surface area contributed by atoms with Gasteiger partial charge >= 0.3 is 0 Å². The minimum Gasteiger partial charge on any atom is -0.494 e. The van der Waals surface area contributed by atoms with Gasteiger partial charge in [-0.1, -0.05) is 103 Å². The van der Waals surface area contributed by atoms with Crippen LogP contribution < -0.4 is 4.74 Å². The SMILES string of the molecule is CCOc1ccc(Cc2cc(C3CC(OCc4ccccc4)[C@H](OCc4ccccc4)C(CC)O3)ccc2Cl)cc1. The van der Waals surface area contributed by atoms with Gasteiger partial charge in [0.2, 0.25) is 0 Å². The zero-order valence-corrected chi connectivity index (χ0v) is 24.6. The summed E-state index contributed by atoms with van der Waals surface area (Å²) in [4.78, 5) is 0. The maximum absolute atomic E-state index is 6.73. The van der Waals surface area contributed by atoms with E-state index in [-0.39, 0.29) is 24.4 Å². The van der Waals surface area contributed by atoms with Crippen LogP contribution in [0.15, 0.2) is 103 Å². The van der Waals surface area contributed by atoms with Gasteiger partial charge in [0, 0.05) is 11.4 Å². The molecule has 3 unspecified atom stereocenters. The molecule has 4 aromatic rings. The highest BCUT2D eigenvalue weighted by Gasteiger charge is 2.40. The lowest BCUT2D eigenvalue weighted by Gasteiger charge is -2.41. The topological polar surface area (TPSA) is 36.9 Å². The lowest BCUT2D eigenvalue weighted by Crippen LogP contribution is -2.48. The molecule has 4 aromatic carbocycles. The van der Waals surface area contributed by atoms with Crippen molar-refractivity contribution >= 4 is 11.6 Å². The van der Waals surface area contributed by atoms with Crippen molar-refractivity contribution in [3.63, 3.8) is 0 Å². The van der Waals surface area contributed by atoms with Gasteiger partial charge in [0.05, 0.1) is 38.1 Å². The van der Waals surface area contributed by atoms with Crippen molar-refractivity contribution in [2.24, 2.45) is 0 Å². The zero-order valence-electron chi connectivity index (χ0n) is 23.9. The summed E-state index contributed by atoms with van der Waals surface area (Å²) in [7, 11) is 0. The molecule has 0 aromatic heterocycles. The molecule has 1 aliphatic rings. The molecular formula is C36H39ClO4. The van der Waals surface area contributed by atoms with E-state index in [1.54, 1.807) is 0 Å². The Hall–Kier alpha value is -3.15. The van der Waals surface area contributed by atoms with E-state index in [9.17, 15) is 0 Å². The Balaban J connectivity index is 1.35. The van der Waals surface area contributed by atoms with Crippen LogP contribution in [0.4, 0.5) is 0 Å². The molecule has 1 aliphatic heterocycles. The van der Waals surface area contributed by atoms with Crippen molar-refractivity contribution in [3.05, 3.63) is 136 Å². The molecule has 1 fully saturated rings. The molecule has 214 valence electrons. The van der Waals surface area contributed by atoms with Gasteiger partial charge in [0.1, 0.15) is 11.9 Å². The smallest absolute Gasteiger partial charge is 0.119 e. The van der Waals surface area contributed by atoms with Gasteiger partial charge in [-0.05, 0) is 65.8 Å². The standard InChI is InChI=1S/C36H39ClO4/c1-3-33-36(40-25-28-13-9-6-10-14-28)35(39-24-27-11-7-5-8-12-27)23-34(41-33)29-17-20-32(37)30(22-29)21-26-15-18-31(19-16-26)38-4-2/h5-20,22,33-36H,3-4,21,23-25H2,1-2H3/t33?,34?,35?,36-/m1/s1. The van der Waals surface area contributed by atoms with Gasteiger partial charge in [-0.25, -0.2) is 0 Å². The summed E-state index contributed by atoms with van der Waals surface area (Å²) in [6.45, 7) is 5.85. The van der Waals surface area contributed by atoms with Crippen LogP contribution in [-0.2, 0) is 33.8 Å². The largest absolute Gasteiger partial charge is 0.494 e. The van der Waals surface area contributed by atoms with Gasteiger partial charge in [0.25, 0.3) is 0 Å². The van der Waals surface area contributed by atoms with Gasteiger partial charge < -0.3 is 18.9 Å². The van der Waals surface area contributed by atoms with E-state index in [2.05, 4.69) is 55.5 Å². The molecule has 0 bridgehead atoms. The first-order valence-electron chi connectivity index (χ1n) is 14.6. The molecule has 5 heteroatoms. The van der Waals surface area contributed by atoms with Gasteiger partial charge in [-0.3, -0.25) is 0 Å². The van der Waals surface area contributed by atoms with Crippen LogP contribution >= 0.6 is 11.6 Å². The maximum atomic E-state index is 6.73. The minimum atomic E-state index is -0.171. The quantitative estimate of drug-likeness (QED) is 0.171. The Bertz CT molecular complexity index is 1340. The van der Waals surface area contributed by atoms with Crippen LogP contribution in [0.2, 0.25) is 5.02 Å². The van der Waals surface area contributed by atoms with E-state index in [0.717, 1.165) is 45.9 Å². The van der Waals surface area contributed by atoms with Gasteiger partial charge in [-0.15, -0.1) is 0 Å². The molecule has 5 rings (SSSR count). The monoisotopic (exact) mass is 570 g/mol. The molecule has 0 aliphatic carbocycles. The summed E-state index contributed by atoms with van der Waals surface area (Å²) < 4.78 is 25.4. The van der Waals surface area contributed by atoms with E-state index in [1.165, 1.54) is 5.56 Å². The van der Waals surface area contributed by atoms with Crippen LogP contribution in [-0.4, -0.2) is 24.9 Å². The Morgan fingerprint density at radius 3 is 2.05 bits per heavy atom. The van der Waals surface area contributed by atoms with Crippen molar-refractivity contribution in [1.29, 1.82) is 0 Å². The molecular weight excluding hydrogens is 532 g/mol. The van der Waals surface area contributed by atoms with E-state index in [1.807, 2.05) is 61.5 Å². The fraction of sp³-hybridized carbons (Fsp3) is 0.333. The molecule has 0 amide bonds. The molecule has 4 nitrogen and oxygen atoms in total. The predicted octanol–water partition coefficient (Wildman–Crippen LogP) is 8.74. The number of rotatable bonds is 12. The second-order valence-corrected chi connectivity index (χ2v) is 10.9. The van der Waals surface area contributed by atoms with Crippen molar-refractivity contribution in [2.75, 3.05) is 6.61 Å². The molecule has 1 heterocycles. The van der Waals surface area contributed by atoms with Crippen molar-refractivity contribution in [2.45, 2.75) is 70.7 Å². The fourth-order valence-electron chi connectivity index (χ4n) is 5.41. The average Bonchev–Trinajstić information content (AvgIpc) is 3.02. The first kappa shape index (κ1) is 29.3. The van der Waals surface area contributed by atoms with Crippen LogP contribution in [0.5, 0.6) is 5.75 Å². The van der Waals surface area contributed by atoms with Crippen LogP contribution in [0, 0.1) is 0 Å². The molecule has 0 spiro atoms. The lowest BCUT2D eigenvalue weighted by atomic mass is 9.91. The second kappa shape index (κ2) is 14.7. The van der Waals surface area contributed by atoms with E-state index in [0.29, 0.717) is 26.2 Å². The number of halogens is 1. The molecule has 0 radical (unpaired) electrons. The zero-order chi connectivity index (χ0) is 28.4. The molecule has 41 heavy (non-hydrogen) atoms. The minimum absolute atomic E-state index is 0.0940. The maximum Gasteiger partial charge on any atom is 0.119 e. The molecule has 0 saturated carbocycles.